The molecule has 142 valence electrons. The number of hydrogen-bond donors (Lipinski definition) is 1. The van der Waals surface area contributed by atoms with Gasteiger partial charge in [-0.15, -0.1) is 0 Å². The van der Waals surface area contributed by atoms with Crippen molar-refractivity contribution in [2.45, 2.75) is 32.2 Å². The standard InChI is InChI=1S/C19H22N4O4/c1-12-20-14-4-3-13(11-16(14)27-12)18(25)22-7-2-8-23(10-9-22)19(26)15-5-6-17(24)21-15/h3-4,11,15H,2,5-10H2,1H3,(H,21,24). The molecule has 1 aromatic carbocycles. The topological polar surface area (TPSA) is 95.8 Å². The van der Waals surface area contributed by atoms with E-state index in [1.807, 2.05) is 0 Å². The van der Waals surface area contributed by atoms with Crippen molar-refractivity contribution in [3.05, 3.63) is 29.7 Å². The van der Waals surface area contributed by atoms with E-state index >= 15 is 0 Å². The highest BCUT2D eigenvalue weighted by molar-refractivity contribution is 5.97. The summed E-state index contributed by atoms with van der Waals surface area (Å²) in [5.74, 6) is 0.374. The maximum absolute atomic E-state index is 12.9. The largest absolute Gasteiger partial charge is 0.441 e. The molecule has 0 aliphatic carbocycles. The zero-order valence-corrected chi connectivity index (χ0v) is 15.2. The molecular weight excluding hydrogens is 348 g/mol. The Kier molecular flexibility index (Phi) is 4.55. The fraction of sp³-hybridized carbons (Fsp3) is 0.474. The number of fused-ring (bicyclic) bond motifs is 1. The summed E-state index contributed by atoms with van der Waals surface area (Å²) >= 11 is 0. The fourth-order valence-electron chi connectivity index (χ4n) is 3.72. The molecule has 1 atom stereocenters. The van der Waals surface area contributed by atoms with E-state index in [2.05, 4.69) is 10.3 Å². The first-order valence-corrected chi connectivity index (χ1v) is 9.26. The molecular formula is C19H22N4O4. The molecule has 3 amide bonds. The predicted octanol–water partition coefficient (Wildman–Crippen LogP) is 1.09. The minimum Gasteiger partial charge on any atom is -0.441 e. The van der Waals surface area contributed by atoms with Gasteiger partial charge in [0.2, 0.25) is 11.8 Å². The van der Waals surface area contributed by atoms with Crippen molar-refractivity contribution >= 4 is 28.8 Å². The number of amides is 3. The van der Waals surface area contributed by atoms with Crippen molar-refractivity contribution in [3.8, 4) is 0 Å². The molecule has 1 aromatic heterocycles. The van der Waals surface area contributed by atoms with Crippen LogP contribution in [0, 0.1) is 6.92 Å². The molecule has 0 bridgehead atoms. The van der Waals surface area contributed by atoms with Gasteiger partial charge in [0.25, 0.3) is 5.91 Å². The molecule has 4 rings (SSSR count). The minimum atomic E-state index is -0.420. The van der Waals surface area contributed by atoms with E-state index in [1.165, 1.54) is 0 Å². The number of benzene rings is 1. The van der Waals surface area contributed by atoms with Gasteiger partial charge in [0.15, 0.2) is 11.5 Å². The van der Waals surface area contributed by atoms with Crippen molar-refractivity contribution in [2.24, 2.45) is 0 Å². The molecule has 2 fully saturated rings. The van der Waals surface area contributed by atoms with E-state index in [-0.39, 0.29) is 17.7 Å². The van der Waals surface area contributed by atoms with Gasteiger partial charge in [-0.3, -0.25) is 14.4 Å². The van der Waals surface area contributed by atoms with Crippen LogP contribution in [0.15, 0.2) is 22.6 Å². The normalized spacial score (nSPS) is 20.6. The first kappa shape index (κ1) is 17.5. The summed E-state index contributed by atoms with van der Waals surface area (Å²) in [5, 5.41) is 2.72. The van der Waals surface area contributed by atoms with Gasteiger partial charge in [0.1, 0.15) is 11.6 Å². The average Bonchev–Trinajstić information content (AvgIpc) is 3.16. The highest BCUT2D eigenvalue weighted by Gasteiger charge is 2.32. The number of aryl methyl sites for hydroxylation is 1. The van der Waals surface area contributed by atoms with Crippen LogP contribution in [-0.4, -0.2) is 64.7 Å². The molecule has 0 radical (unpaired) electrons. The van der Waals surface area contributed by atoms with Gasteiger partial charge < -0.3 is 19.5 Å². The third kappa shape index (κ3) is 3.51. The molecule has 0 saturated carbocycles. The van der Waals surface area contributed by atoms with Gasteiger partial charge in [-0.25, -0.2) is 4.98 Å². The predicted molar refractivity (Wildman–Crippen MR) is 97.0 cm³/mol. The van der Waals surface area contributed by atoms with Crippen molar-refractivity contribution in [1.82, 2.24) is 20.1 Å². The van der Waals surface area contributed by atoms with Crippen LogP contribution in [-0.2, 0) is 9.59 Å². The van der Waals surface area contributed by atoms with Gasteiger partial charge in [-0.2, -0.15) is 0 Å². The summed E-state index contributed by atoms with van der Waals surface area (Å²) in [7, 11) is 0. The Labute approximate surface area is 156 Å². The van der Waals surface area contributed by atoms with Gasteiger partial charge in [-0.05, 0) is 31.0 Å². The lowest BCUT2D eigenvalue weighted by atomic mass is 10.1. The maximum atomic E-state index is 12.9. The molecule has 2 aliphatic rings. The highest BCUT2D eigenvalue weighted by Crippen LogP contribution is 2.19. The summed E-state index contributed by atoms with van der Waals surface area (Å²) in [6.07, 6.45) is 1.66. The number of oxazole rings is 1. The molecule has 0 spiro atoms. The van der Waals surface area contributed by atoms with E-state index < -0.39 is 6.04 Å². The Morgan fingerprint density at radius 1 is 1.19 bits per heavy atom. The lowest BCUT2D eigenvalue weighted by Crippen LogP contribution is -2.46. The third-order valence-corrected chi connectivity index (χ3v) is 5.13. The number of rotatable bonds is 2. The number of carbonyl (C=O) groups is 3. The second-order valence-electron chi connectivity index (χ2n) is 7.05. The molecule has 2 aliphatic heterocycles. The maximum Gasteiger partial charge on any atom is 0.254 e. The zero-order valence-electron chi connectivity index (χ0n) is 15.2. The molecule has 2 saturated heterocycles. The summed E-state index contributed by atoms with van der Waals surface area (Å²) in [6, 6.07) is 4.85. The summed E-state index contributed by atoms with van der Waals surface area (Å²) in [6.45, 7) is 3.90. The molecule has 2 aromatic rings. The Hall–Kier alpha value is -2.90. The fourth-order valence-corrected chi connectivity index (χ4v) is 3.72. The molecule has 1 N–H and O–H groups in total. The number of aromatic nitrogens is 1. The molecule has 3 heterocycles. The van der Waals surface area contributed by atoms with E-state index in [4.69, 9.17) is 4.42 Å². The molecule has 27 heavy (non-hydrogen) atoms. The first-order chi connectivity index (χ1) is 13.0. The van der Waals surface area contributed by atoms with E-state index in [1.54, 1.807) is 34.9 Å². The number of carbonyl (C=O) groups excluding carboxylic acids is 3. The summed E-state index contributed by atoms with van der Waals surface area (Å²) in [4.78, 5) is 44.6. The lowest BCUT2D eigenvalue weighted by molar-refractivity contribution is -0.134. The highest BCUT2D eigenvalue weighted by atomic mass is 16.3. The Balaban J connectivity index is 1.43. The first-order valence-electron chi connectivity index (χ1n) is 9.26. The molecule has 8 heteroatoms. The second-order valence-corrected chi connectivity index (χ2v) is 7.05. The van der Waals surface area contributed by atoms with Crippen LogP contribution in [0.25, 0.3) is 11.1 Å². The quantitative estimate of drug-likeness (QED) is 0.854. The number of nitrogens with one attached hydrogen (secondary N) is 1. The lowest BCUT2D eigenvalue weighted by Gasteiger charge is -2.24. The van der Waals surface area contributed by atoms with Crippen LogP contribution < -0.4 is 5.32 Å². The van der Waals surface area contributed by atoms with Crippen molar-refractivity contribution in [1.29, 1.82) is 0 Å². The molecule has 8 nitrogen and oxygen atoms in total. The SMILES string of the molecule is Cc1nc2ccc(C(=O)N3CCCN(C(=O)C4CCC(=O)N4)CC3)cc2o1. The van der Waals surface area contributed by atoms with Gasteiger partial charge in [-0.1, -0.05) is 0 Å². The monoisotopic (exact) mass is 370 g/mol. The summed E-state index contributed by atoms with van der Waals surface area (Å²) < 4.78 is 5.52. The van der Waals surface area contributed by atoms with Crippen LogP contribution in [0.1, 0.15) is 35.5 Å². The summed E-state index contributed by atoms with van der Waals surface area (Å²) in [5.41, 5.74) is 1.89. The Morgan fingerprint density at radius 2 is 1.96 bits per heavy atom. The molecule has 1 unspecified atom stereocenters. The van der Waals surface area contributed by atoms with Gasteiger partial charge in [0.05, 0.1) is 0 Å². The van der Waals surface area contributed by atoms with E-state index in [0.29, 0.717) is 62.5 Å². The Morgan fingerprint density at radius 3 is 2.74 bits per heavy atom. The Bertz CT molecular complexity index is 906. The van der Waals surface area contributed by atoms with Crippen LogP contribution in [0.3, 0.4) is 0 Å². The van der Waals surface area contributed by atoms with E-state index in [0.717, 1.165) is 5.52 Å². The van der Waals surface area contributed by atoms with Crippen molar-refractivity contribution in [2.75, 3.05) is 26.2 Å². The average molecular weight is 370 g/mol. The minimum absolute atomic E-state index is 0.0475. The van der Waals surface area contributed by atoms with Crippen LogP contribution >= 0.6 is 0 Å². The number of hydrogen-bond acceptors (Lipinski definition) is 5. The second kappa shape index (κ2) is 7.02. The van der Waals surface area contributed by atoms with E-state index in [9.17, 15) is 14.4 Å². The van der Waals surface area contributed by atoms with Crippen molar-refractivity contribution < 1.29 is 18.8 Å². The van der Waals surface area contributed by atoms with Crippen LogP contribution in [0.4, 0.5) is 0 Å². The van der Waals surface area contributed by atoms with Crippen molar-refractivity contribution in [3.63, 3.8) is 0 Å². The third-order valence-electron chi connectivity index (χ3n) is 5.13. The van der Waals surface area contributed by atoms with Crippen LogP contribution in [0.5, 0.6) is 0 Å². The van der Waals surface area contributed by atoms with Gasteiger partial charge >= 0.3 is 0 Å². The number of nitrogens with zero attached hydrogens (tertiary/aromatic N) is 3. The zero-order chi connectivity index (χ0) is 19.0. The smallest absolute Gasteiger partial charge is 0.254 e. The van der Waals surface area contributed by atoms with Gasteiger partial charge in [0, 0.05) is 45.1 Å². The van der Waals surface area contributed by atoms with Crippen LogP contribution in [0.2, 0.25) is 0 Å².